The van der Waals surface area contributed by atoms with E-state index in [2.05, 4.69) is 0 Å². The lowest BCUT2D eigenvalue weighted by Crippen LogP contribution is -2.57. The zero-order valence-corrected chi connectivity index (χ0v) is 10.9. The molecule has 0 spiro atoms. The summed E-state index contributed by atoms with van der Waals surface area (Å²) in [5, 5.41) is 0. The smallest absolute Gasteiger partial charge is 0.283 e. The summed E-state index contributed by atoms with van der Waals surface area (Å²) in [5.41, 5.74) is 5.81. The molecule has 0 radical (unpaired) electrons. The molecule has 7 heteroatoms. The van der Waals surface area contributed by atoms with Crippen molar-refractivity contribution in [2.75, 3.05) is 32.8 Å². The second-order valence-electron chi connectivity index (χ2n) is 4.57. The summed E-state index contributed by atoms with van der Waals surface area (Å²) >= 11 is 0. The Morgan fingerprint density at radius 3 is 2.29 bits per heavy atom. The zero-order valence-electron chi connectivity index (χ0n) is 10.0. The molecule has 2 fully saturated rings. The van der Waals surface area contributed by atoms with Crippen LogP contribution in [0.3, 0.4) is 0 Å². The standard InChI is InChI=1S/C10H21N3O3S/c11-10-9-16-8-7-13(10)17(14,15)12-5-3-1-2-4-6-12/h10H,1-9,11H2. The molecule has 0 amide bonds. The average Bonchev–Trinajstić information content (AvgIpc) is 2.58. The van der Waals surface area contributed by atoms with Crippen LogP contribution in [-0.4, -0.2) is 56.0 Å². The van der Waals surface area contributed by atoms with Gasteiger partial charge in [-0.25, -0.2) is 0 Å². The second-order valence-corrected chi connectivity index (χ2v) is 6.46. The van der Waals surface area contributed by atoms with Gasteiger partial charge < -0.3 is 10.5 Å². The maximum atomic E-state index is 12.4. The van der Waals surface area contributed by atoms with Crippen molar-refractivity contribution in [1.29, 1.82) is 0 Å². The van der Waals surface area contributed by atoms with Crippen LogP contribution in [0.25, 0.3) is 0 Å². The number of hydrogen-bond donors (Lipinski definition) is 1. The van der Waals surface area contributed by atoms with E-state index in [1.165, 1.54) is 4.31 Å². The van der Waals surface area contributed by atoms with E-state index in [1.807, 2.05) is 0 Å². The first-order valence-electron chi connectivity index (χ1n) is 6.22. The molecule has 2 N–H and O–H groups in total. The van der Waals surface area contributed by atoms with Crippen LogP contribution in [0, 0.1) is 0 Å². The highest BCUT2D eigenvalue weighted by molar-refractivity contribution is 7.86. The highest BCUT2D eigenvalue weighted by Gasteiger charge is 2.35. The van der Waals surface area contributed by atoms with Gasteiger partial charge in [-0.15, -0.1) is 0 Å². The number of nitrogens with two attached hydrogens (primary N) is 1. The van der Waals surface area contributed by atoms with Crippen molar-refractivity contribution in [3.8, 4) is 0 Å². The SMILES string of the molecule is NC1COCCN1S(=O)(=O)N1CCCCCC1. The Morgan fingerprint density at radius 1 is 1.06 bits per heavy atom. The fourth-order valence-corrected chi connectivity index (χ4v) is 4.04. The first-order chi connectivity index (χ1) is 8.12. The third-order valence-corrected chi connectivity index (χ3v) is 5.37. The summed E-state index contributed by atoms with van der Waals surface area (Å²) in [6.07, 6.45) is 3.57. The number of hydrogen-bond acceptors (Lipinski definition) is 4. The minimum absolute atomic E-state index is 0.285. The van der Waals surface area contributed by atoms with Crippen LogP contribution in [0.1, 0.15) is 25.7 Å². The molecule has 100 valence electrons. The zero-order chi connectivity index (χ0) is 12.3. The van der Waals surface area contributed by atoms with Crippen molar-refractivity contribution in [3.63, 3.8) is 0 Å². The third-order valence-electron chi connectivity index (χ3n) is 3.30. The number of nitrogens with zero attached hydrogens (tertiary/aromatic N) is 2. The number of rotatable bonds is 2. The van der Waals surface area contributed by atoms with Gasteiger partial charge in [0, 0.05) is 19.6 Å². The molecule has 2 heterocycles. The number of ether oxygens (including phenoxy) is 1. The van der Waals surface area contributed by atoms with Gasteiger partial charge in [-0.05, 0) is 12.8 Å². The molecule has 2 aliphatic heterocycles. The van der Waals surface area contributed by atoms with Crippen molar-refractivity contribution in [2.24, 2.45) is 5.73 Å². The van der Waals surface area contributed by atoms with Crippen LogP contribution >= 0.6 is 0 Å². The summed E-state index contributed by atoms with van der Waals surface area (Å²) in [7, 11) is -3.40. The average molecular weight is 263 g/mol. The molecule has 0 aromatic carbocycles. The van der Waals surface area contributed by atoms with Gasteiger partial charge in [-0.1, -0.05) is 12.8 Å². The fourth-order valence-electron chi connectivity index (χ4n) is 2.31. The van der Waals surface area contributed by atoms with Gasteiger partial charge in [0.25, 0.3) is 10.2 Å². The quantitative estimate of drug-likeness (QED) is 0.744. The topological polar surface area (TPSA) is 75.9 Å². The van der Waals surface area contributed by atoms with Crippen LogP contribution in [0.2, 0.25) is 0 Å². The van der Waals surface area contributed by atoms with Gasteiger partial charge in [0.1, 0.15) is 0 Å². The summed E-state index contributed by atoms with van der Waals surface area (Å²) in [6.45, 7) is 2.31. The second kappa shape index (κ2) is 5.62. The van der Waals surface area contributed by atoms with Gasteiger partial charge in [-0.3, -0.25) is 0 Å². The molecular weight excluding hydrogens is 242 g/mol. The summed E-state index contributed by atoms with van der Waals surface area (Å²) in [6, 6.07) is 0. The first kappa shape index (κ1) is 13.2. The Bertz CT molecular complexity index is 339. The summed E-state index contributed by atoms with van der Waals surface area (Å²) in [5.74, 6) is 0. The van der Waals surface area contributed by atoms with Crippen LogP contribution in [0.15, 0.2) is 0 Å². The lowest BCUT2D eigenvalue weighted by atomic mass is 10.2. The van der Waals surface area contributed by atoms with Crippen LogP contribution in [0.4, 0.5) is 0 Å². The Balaban J connectivity index is 2.10. The van der Waals surface area contributed by atoms with Crippen LogP contribution < -0.4 is 5.73 Å². The van der Waals surface area contributed by atoms with E-state index in [-0.39, 0.29) is 6.61 Å². The minimum Gasteiger partial charge on any atom is -0.377 e. The molecule has 0 aromatic heterocycles. The molecule has 17 heavy (non-hydrogen) atoms. The van der Waals surface area contributed by atoms with Crippen molar-refractivity contribution >= 4 is 10.2 Å². The molecule has 6 nitrogen and oxygen atoms in total. The molecule has 2 saturated heterocycles. The van der Waals surface area contributed by atoms with Gasteiger partial charge in [0.15, 0.2) is 0 Å². The third kappa shape index (κ3) is 2.97. The van der Waals surface area contributed by atoms with Gasteiger partial charge >= 0.3 is 0 Å². The van der Waals surface area contributed by atoms with E-state index in [0.29, 0.717) is 26.2 Å². The molecule has 2 aliphatic rings. The summed E-state index contributed by atoms with van der Waals surface area (Å²) < 4.78 is 33.0. The normalized spacial score (nSPS) is 30.1. The maximum Gasteiger partial charge on any atom is 0.283 e. The molecule has 1 atom stereocenters. The van der Waals surface area contributed by atoms with Crippen LogP contribution in [-0.2, 0) is 14.9 Å². The predicted molar refractivity (Wildman–Crippen MR) is 64.5 cm³/mol. The van der Waals surface area contributed by atoms with E-state index < -0.39 is 16.4 Å². The molecular formula is C10H21N3O3S. The fraction of sp³-hybridized carbons (Fsp3) is 1.00. The lowest BCUT2D eigenvalue weighted by molar-refractivity contribution is 0.0321. The van der Waals surface area contributed by atoms with Crippen molar-refractivity contribution in [3.05, 3.63) is 0 Å². The number of morpholine rings is 1. The highest BCUT2D eigenvalue weighted by Crippen LogP contribution is 2.18. The van der Waals surface area contributed by atoms with E-state index in [4.69, 9.17) is 10.5 Å². The monoisotopic (exact) mass is 263 g/mol. The highest BCUT2D eigenvalue weighted by atomic mass is 32.2. The van der Waals surface area contributed by atoms with Gasteiger partial charge in [0.05, 0.1) is 19.4 Å². The molecule has 1 unspecified atom stereocenters. The summed E-state index contributed by atoms with van der Waals surface area (Å²) in [4.78, 5) is 0. The van der Waals surface area contributed by atoms with E-state index >= 15 is 0 Å². The largest absolute Gasteiger partial charge is 0.377 e. The van der Waals surface area contributed by atoms with E-state index in [1.54, 1.807) is 4.31 Å². The van der Waals surface area contributed by atoms with E-state index in [0.717, 1.165) is 25.7 Å². The molecule has 0 aromatic rings. The Labute approximate surface area is 103 Å². The Hall–Kier alpha value is -0.210. The van der Waals surface area contributed by atoms with E-state index in [9.17, 15) is 8.42 Å². The lowest BCUT2D eigenvalue weighted by Gasteiger charge is -2.35. The molecule has 0 bridgehead atoms. The maximum absolute atomic E-state index is 12.4. The molecule has 0 saturated carbocycles. The van der Waals surface area contributed by atoms with Crippen molar-refractivity contribution < 1.29 is 13.2 Å². The predicted octanol–water partition coefficient (Wildman–Crippen LogP) is -0.276. The van der Waals surface area contributed by atoms with Crippen molar-refractivity contribution in [2.45, 2.75) is 31.8 Å². The Morgan fingerprint density at radius 2 is 1.71 bits per heavy atom. The Kier molecular flexibility index (Phi) is 4.37. The van der Waals surface area contributed by atoms with Gasteiger partial charge in [0.2, 0.25) is 0 Å². The minimum atomic E-state index is -3.40. The first-order valence-corrected chi connectivity index (χ1v) is 7.62. The molecule has 2 rings (SSSR count). The molecule has 0 aliphatic carbocycles. The van der Waals surface area contributed by atoms with Gasteiger partial charge in [-0.2, -0.15) is 17.0 Å². The van der Waals surface area contributed by atoms with Crippen LogP contribution in [0.5, 0.6) is 0 Å². The van der Waals surface area contributed by atoms with Crippen molar-refractivity contribution in [1.82, 2.24) is 8.61 Å².